The zero-order valence-corrected chi connectivity index (χ0v) is 16.9. The van der Waals surface area contributed by atoms with Crippen LogP contribution in [0.15, 0.2) is 20.9 Å². The van der Waals surface area contributed by atoms with E-state index in [2.05, 4.69) is 22.1 Å². The Morgan fingerprint density at radius 1 is 1.52 bits per heavy atom. The first-order valence-corrected chi connectivity index (χ1v) is 10.8. The lowest BCUT2D eigenvalue weighted by Gasteiger charge is -2.21. The second-order valence-corrected chi connectivity index (χ2v) is 8.14. The third-order valence-corrected chi connectivity index (χ3v) is 5.96. The van der Waals surface area contributed by atoms with E-state index >= 15 is 0 Å². The summed E-state index contributed by atoms with van der Waals surface area (Å²) in [4.78, 5) is 11.5. The molecule has 6 nitrogen and oxygen atoms in total. The fourth-order valence-corrected chi connectivity index (χ4v) is 4.30. The Hall–Kier alpha value is -0.830. The van der Waals surface area contributed by atoms with Crippen LogP contribution in [0.2, 0.25) is 0 Å². The second-order valence-electron chi connectivity index (χ2n) is 5.90. The molecule has 0 aliphatic carbocycles. The molecule has 0 saturated carbocycles. The molecule has 0 radical (unpaired) electrons. The average molecular weight is 387 g/mol. The average Bonchev–Trinajstić information content (AvgIpc) is 3.29. The van der Waals surface area contributed by atoms with Crippen LogP contribution in [-0.2, 0) is 9.47 Å². The van der Waals surface area contributed by atoms with E-state index in [1.165, 1.54) is 0 Å². The SMILES string of the molecule is CCNC(=NCCCSc1nccs1)N1CCC(COCCOC)C1. The minimum absolute atomic E-state index is 0.584. The Morgan fingerprint density at radius 2 is 2.44 bits per heavy atom. The number of aliphatic imine (C=N–C) groups is 1. The van der Waals surface area contributed by atoms with Crippen molar-refractivity contribution >= 4 is 29.1 Å². The molecule has 0 bridgehead atoms. The lowest BCUT2D eigenvalue weighted by Crippen LogP contribution is -2.40. The van der Waals surface area contributed by atoms with Crippen molar-refractivity contribution in [2.45, 2.75) is 24.1 Å². The molecule has 25 heavy (non-hydrogen) atoms. The van der Waals surface area contributed by atoms with E-state index in [-0.39, 0.29) is 0 Å². The highest BCUT2D eigenvalue weighted by molar-refractivity contribution is 8.00. The molecule has 142 valence electrons. The number of aromatic nitrogens is 1. The highest BCUT2D eigenvalue weighted by Gasteiger charge is 2.24. The summed E-state index contributed by atoms with van der Waals surface area (Å²) < 4.78 is 11.8. The number of nitrogens with one attached hydrogen (secondary N) is 1. The van der Waals surface area contributed by atoms with Crippen molar-refractivity contribution < 1.29 is 9.47 Å². The van der Waals surface area contributed by atoms with Gasteiger partial charge in [0.05, 0.1) is 19.8 Å². The molecule has 2 rings (SSSR count). The molecule has 1 saturated heterocycles. The van der Waals surface area contributed by atoms with Gasteiger partial charge in [0, 0.05) is 56.5 Å². The Bertz CT molecular complexity index is 485. The third-order valence-electron chi connectivity index (χ3n) is 3.90. The van der Waals surface area contributed by atoms with E-state index in [0.29, 0.717) is 19.1 Å². The highest BCUT2D eigenvalue weighted by Crippen LogP contribution is 2.21. The van der Waals surface area contributed by atoms with Gasteiger partial charge in [-0.2, -0.15) is 0 Å². The van der Waals surface area contributed by atoms with Crippen LogP contribution in [0.5, 0.6) is 0 Å². The number of methoxy groups -OCH3 is 1. The van der Waals surface area contributed by atoms with Crippen molar-refractivity contribution in [3.8, 4) is 0 Å². The van der Waals surface area contributed by atoms with E-state index in [9.17, 15) is 0 Å². The predicted octanol–water partition coefficient (Wildman–Crippen LogP) is 2.58. The molecule has 1 aromatic heterocycles. The first-order valence-electron chi connectivity index (χ1n) is 8.95. The van der Waals surface area contributed by atoms with Gasteiger partial charge in [-0.15, -0.1) is 11.3 Å². The van der Waals surface area contributed by atoms with Crippen LogP contribution in [0, 0.1) is 5.92 Å². The number of hydrogen-bond donors (Lipinski definition) is 1. The van der Waals surface area contributed by atoms with E-state index < -0.39 is 0 Å². The molecule has 1 atom stereocenters. The summed E-state index contributed by atoms with van der Waals surface area (Å²) >= 11 is 3.52. The van der Waals surface area contributed by atoms with Gasteiger partial charge >= 0.3 is 0 Å². The molecule has 0 aromatic carbocycles. The minimum Gasteiger partial charge on any atom is -0.382 e. The predicted molar refractivity (Wildman–Crippen MR) is 106 cm³/mol. The zero-order valence-electron chi connectivity index (χ0n) is 15.3. The lowest BCUT2D eigenvalue weighted by atomic mass is 10.1. The first-order chi connectivity index (χ1) is 12.3. The summed E-state index contributed by atoms with van der Waals surface area (Å²) in [6.45, 7) is 8.10. The molecule has 1 unspecified atom stereocenters. The maximum Gasteiger partial charge on any atom is 0.193 e. The molecule has 1 N–H and O–H groups in total. The van der Waals surface area contributed by atoms with Gasteiger partial charge in [-0.05, 0) is 19.8 Å². The summed E-state index contributed by atoms with van der Waals surface area (Å²) in [6, 6.07) is 0. The second kappa shape index (κ2) is 12.5. The Morgan fingerprint density at radius 3 is 3.20 bits per heavy atom. The Kier molecular flexibility index (Phi) is 10.3. The molecular formula is C17H30N4O2S2. The molecule has 1 aromatic rings. The van der Waals surface area contributed by atoms with Gasteiger partial charge in [0.25, 0.3) is 0 Å². The van der Waals surface area contributed by atoms with Crippen LogP contribution in [0.4, 0.5) is 0 Å². The van der Waals surface area contributed by atoms with Crippen LogP contribution in [0.25, 0.3) is 0 Å². The van der Waals surface area contributed by atoms with Crippen LogP contribution >= 0.6 is 23.1 Å². The van der Waals surface area contributed by atoms with Crippen molar-refractivity contribution in [2.75, 3.05) is 58.9 Å². The fourth-order valence-electron chi connectivity index (χ4n) is 2.67. The van der Waals surface area contributed by atoms with Crippen LogP contribution in [0.3, 0.4) is 0 Å². The molecule has 1 aliphatic heterocycles. The number of thioether (sulfide) groups is 1. The first kappa shape index (κ1) is 20.5. The standard InChI is InChI=1S/C17H30N4O2S2/c1-3-18-16(19-6-4-11-24-17-20-7-12-25-17)21-8-5-15(13-21)14-23-10-9-22-2/h7,12,15H,3-6,8-11,13-14H2,1-2H3,(H,18,19). The number of nitrogens with zero attached hydrogens (tertiary/aromatic N) is 3. The van der Waals surface area contributed by atoms with E-state index in [0.717, 1.165) is 61.7 Å². The summed E-state index contributed by atoms with van der Waals surface area (Å²) in [5, 5.41) is 5.44. The van der Waals surface area contributed by atoms with Gasteiger partial charge < -0.3 is 19.7 Å². The minimum atomic E-state index is 0.584. The normalized spacial score (nSPS) is 18.1. The van der Waals surface area contributed by atoms with Crippen LogP contribution < -0.4 is 5.32 Å². The van der Waals surface area contributed by atoms with Gasteiger partial charge in [-0.25, -0.2) is 4.98 Å². The molecule has 1 aliphatic rings. The van der Waals surface area contributed by atoms with Gasteiger partial charge in [0.15, 0.2) is 5.96 Å². The van der Waals surface area contributed by atoms with E-state index in [1.54, 1.807) is 18.4 Å². The Balaban J connectivity index is 1.68. The van der Waals surface area contributed by atoms with E-state index in [4.69, 9.17) is 14.5 Å². The van der Waals surface area contributed by atoms with Crippen LogP contribution in [0.1, 0.15) is 19.8 Å². The van der Waals surface area contributed by atoms with Crippen molar-refractivity contribution in [3.05, 3.63) is 11.6 Å². The van der Waals surface area contributed by atoms with E-state index in [1.807, 2.05) is 23.3 Å². The van der Waals surface area contributed by atoms with Gasteiger partial charge in [-0.3, -0.25) is 4.99 Å². The lowest BCUT2D eigenvalue weighted by molar-refractivity contribution is 0.0536. The number of rotatable bonds is 11. The zero-order chi connectivity index (χ0) is 17.7. The number of likely N-dealkylation sites (tertiary alicyclic amines) is 1. The summed E-state index contributed by atoms with van der Waals surface area (Å²) in [6.07, 6.45) is 4.09. The number of ether oxygens (including phenoxy) is 2. The van der Waals surface area contributed by atoms with Gasteiger partial charge in [0.1, 0.15) is 4.34 Å². The molecule has 1 fully saturated rings. The van der Waals surface area contributed by atoms with Crippen molar-refractivity contribution in [2.24, 2.45) is 10.9 Å². The van der Waals surface area contributed by atoms with Crippen molar-refractivity contribution in [3.63, 3.8) is 0 Å². The number of guanidine groups is 1. The largest absolute Gasteiger partial charge is 0.382 e. The maximum absolute atomic E-state index is 5.67. The third kappa shape index (κ3) is 7.94. The topological polar surface area (TPSA) is 59.0 Å². The smallest absolute Gasteiger partial charge is 0.193 e. The number of thiazole rings is 1. The van der Waals surface area contributed by atoms with Gasteiger partial charge in [0.2, 0.25) is 0 Å². The van der Waals surface area contributed by atoms with Gasteiger partial charge in [-0.1, -0.05) is 11.8 Å². The summed E-state index contributed by atoms with van der Waals surface area (Å²) in [7, 11) is 1.70. The molecule has 0 spiro atoms. The van der Waals surface area contributed by atoms with Crippen molar-refractivity contribution in [1.29, 1.82) is 0 Å². The maximum atomic E-state index is 5.67. The summed E-state index contributed by atoms with van der Waals surface area (Å²) in [5.41, 5.74) is 0. The fraction of sp³-hybridized carbons (Fsp3) is 0.765. The Labute approximate surface area is 159 Å². The monoisotopic (exact) mass is 386 g/mol. The van der Waals surface area contributed by atoms with Crippen molar-refractivity contribution in [1.82, 2.24) is 15.2 Å². The number of hydrogen-bond acceptors (Lipinski definition) is 6. The molecule has 2 heterocycles. The molecular weight excluding hydrogens is 356 g/mol. The molecule has 0 amide bonds. The quantitative estimate of drug-likeness (QED) is 0.273. The molecule has 8 heteroatoms. The summed E-state index contributed by atoms with van der Waals surface area (Å²) in [5.74, 6) is 2.69. The van der Waals surface area contributed by atoms with Crippen LogP contribution in [-0.4, -0.2) is 74.7 Å². The highest BCUT2D eigenvalue weighted by atomic mass is 32.2.